The van der Waals surface area contributed by atoms with Gasteiger partial charge in [-0.15, -0.1) is 0 Å². The van der Waals surface area contributed by atoms with Gasteiger partial charge in [-0.25, -0.2) is 22.9 Å². The van der Waals surface area contributed by atoms with Crippen molar-refractivity contribution in [2.24, 2.45) is 0 Å². The summed E-state index contributed by atoms with van der Waals surface area (Å²) in [5.41, 5.74) is -0.164. The predicted molar refractivity (Wildman–Crippen MR) is 115 cm³/mol. The van der Waals surface area contributed by atoms with Gasteiger partial charge in [0.25, 0.3) is 5.92 Å². The Labute approximate surface area is 197 Å². The fraction of sp³-hybridized carbons (Fsp3) is 0.550. The molecule has 10 nitrogen and oxygen atoms in total. The number of rotatable bonds is 5. The number of carboxylic acid groups (broad SMARTS) is 1. The fourth-order valence-corrected chi connectivity index (χ4v) is 4.44. The predicted octanol–water partition coefficient (Wildman–Crippen LogP) is 2.62. The highest BCUT2D eigenvalue weighted by molar-refractivity contribution is 6.30. The van der Waals surface area contributed by atoms with Crippen LogP contribution >= 0.6 is 11.6 Å². The molecule has 2 atom stereocenters. The summed E-state index contributed by atoms with van der Waals surface area (Å²) in [4.78, 5) is 28.2. The third-order valence-electron chi connectivity index (χ3n) is 6.00. The number of pyridine rings is 1. The SMILES string of the molecule is CN1CC(F)(F)C[C@H]1COc1nc(N2CCN(C(=O)O)[C@@H](CC#N)C2)c2cnc(Cl)c(F)c2n1. The molecule has 0 aromatic carbocycles. The van der Waals surface area contributed by atoms with Crippen molar-refractivity contribution in [2.75, 3.05) is 44.7 Å². The first-order valence-electron chi connectivity index (χ1n) is 10.4. The normalized spacial score (nSPS) is 22.7. The van der Waals surface area contributed by atoms with E-state index in [2.05, 4.69) is 15.0 Å². The maximum Gasteiger partial charge on any atom is 0.407 e. The highest BCUT2D eigenvalue weighted by Gasteiger charge is 2.43. The highest BCUT2D eigenvalue weighted by Crippen LogP contribution is 2.33. The van der Waals surface area contributed by atoms with Crippen LogP contribution in [-0.2, 0) is 0 Å². The lowest BCUT2D eigenvalue weighted by Crippen LogP contribution is -2.55. The van der Waals surface area contributed by atoms with Crippen molar-refractivity contribution in [1.82, 2.24) is 24.8 Å². The van der Waals surface area contributed by atoms with Crippen molar-refractivity contribution in [2.45, 2.75) is 30.8 Å². The fourth-order valence-electron chi connectivity index (χ4n) is 4.30. The van der Waals surface area contributed by atoms with Gasteiger partial charge in [0.2, 0.25) is 0 Å². The lowest BCUT2D eigenvalue weighted by atomic mass is 10.1. The van der Waals surface area contributed by atoms with Crippen LogP contribution in [0.5, 0.6) is 6.01 Å². The van der Waals surface area contributed by atoms with E-state index in [1.165, 1.54) is 16.0 Å². The van der Waals surface area contributed by atoms with Gasteiger partial charge in [0.05, 0.1) is 30.5 Å². The molecule has 4 rings (SSSR count). The number of ether oxygens (including phenoxy) is 1. The van der Waals surface area contributed by atoms with E-state index in [0.717, 1.165) is 0 Å². The molecule has 4 heterocycles. The van der Waals surface area contributed by atoms with Crippen molar-refractivity contribution >= 4 is 34.4 Å². The number of amides is 1. The third kappa shape index (κ3) is 4.74. The van der Waals surface area contributed by atoms with Crippen LogP contribution in [0.15, 0.2) is 6.20 Å². The van der Waals surface area contributed by atoms with Gasteiger partial charge in [0, 0.05) is 38.3 Å². The Morgan fingerprint density at radius 3 is 2.79 bits per heavy atom. The Morgan fingerprint density at radius 1 is 1.38 bits per heavy atom. The Morgan fingerprint density at radius 2 is 2.15 bits per heavy atom. The molecule has 2 fully saturated rings. The van der Waals surface area contributed by atoms with E-state index in [0.29, 0.717) is 0 Å². The first kappa shape index (κ1) is 24.0. The van der Waals surface area contributed by atoms with E-state index in [1.807, 2.05) is 6.07 Å². The molecule has 2 aromatic rings. The zero-order chi connectivity index (χ0) is 24.6. The number of aromatic nitrogens is 3. The van der Waals surface area contributed by atoms with E-state index in [4.69, 9.17) is 21.6 Å². The first-order chi connectivity index (χ1) is 16.1. The average molecular weight is 500 g/mol. The Kier molecular flexibility index (Phi) is 6.55. The number of fused-ring (bicyclic) bond motifs is 1. The second kappa shape index (κ2) is 9.27. The Balaban J connectivity index is 1.66. The quantitative estimate of drug-likeness (QED) is 0.619. The molecule has 0 saturated carbocycles. The molecule has 0 spiro atoms. The summed E-state index contributed by atoms with van der Waals surface area (Å²) < 4.78 is 47.8. The third-order valence-corrected chi connectivity index (χ3v) is 6.26. The van der Waals surface area contributed by atoms with Gasteiger partial charge in [-0.05, 0) is 7.05 Å². The molecular weight excluding hydrogens is 479 g/mol. The van der Waals surface area contributed by atoms with Gasteiger partial charge in [-0.2, -0.15) is 15.2 Å². The molecule has 182 valence electrons. The molecule has 2 aliphatic heterocycles. The van der Waals surface area contributed by atoms with Crippen LogP contribution in [0.4, 0.5) is 23.8 Å². The maximum atomic E-state index is 14.8. The van der Waals surface area contributed by atoms with Crippen molar-refractivity contribution in [3.05, 3.63) is 17.2 Å². The lowest BCUT2D eigenvalue weighted by molar-refractivity contribution is 0.0136. The molecule has 2 saturated heterocycles. The van der Waals surface area contributed by atoms with Crippen LogP contribution in [0.3, 0.4) is 0 Å². The molecule has 14 heteroatoms. The number of alkyl halides is 2. The number of likely N-dealkylation sites (tertiary alicyclic amines) is 1. The zero-order valence-corrected chi connectivity index (χ0v) is 18.8. The van der Waals surface area contributed by atoms with E-state index in [9.17, 15) is 23.1 Å². The molecule has 1 N–H and O–H groups in total. The summed E-state index contributed by atoms with van der Waals surface area (Å²) in [6, 6.07) is 0.530. The highest BCUT2D eigenvalue weighted by atomic mass is 35.5. The van der Waals surface area contributed by atoms with Gasteiger partial charge < -0.3 is 19.6 Å². The molecular formula is C20H21ClF3N7O3. The number of anilines is 1. The summed E-state index contributed by atoms with van der Waals surface area (Å²) in [6.45, 7) is -0.111. The number of likely N-dealkylation sites (N-methyl/N-ethyl adjacent to an activating group) is 1. The van der Waals surface area contributed by atoms with Gasteiger partial charge in [0.1, 0.15) is 17.9 Å². The molecule has 0 radical (unpaired) electrons. The number of hydrogen-bond donors (Lipinski definition) is 1. The van der Waals surface area contributed by atoms with Crippen molar-refractivity contribution < 1.29 is 27.8 Å². The van der Waals surface area contributed by atoms with E-state index in [-0.39, 0.29) is 61.8 Å². The van der Waals surface area contributed by atoms with Gasteiger partial charge in [-0.3, -0.25) is 4.90 Å². The number of hydrogen-bond acceptors (Lipinski definition) is 8. The minimum atomic E-state index is -2.83. The van der Waals surface area contributed by atoms with Crippen LogP contribution in [-0.4, -0.2) is 93.8 Å². The van der Waals surface area contributed by atoms with Gasteiger partial charge in [0.15, 0.2) is 11.0 Å². The van der Waals surface area contributed by atoms with Crippen molar-refractivity contribution in [3.63, 3.8) is 0 Å². The monoisotopic (exact) mass is 499 g/mol. The van der Waals surface area contributed by atoms with Crippen LogP contribution in [0.2, 0.25) is 5.15 Å². The van der Waals surface area contributed by atoms with E-state index < -0.39 is 41.6 Å². The molecule has 2 aliphatic rings. The molecule has 34 heavy (non-hydrogen) atoms. The summed E-state index contributed by atoms with van der Waals surface area (Å²) in [7, 11) is 1.56. The van der Waals surface area contributed by atoms with Crippen LogP contribution in [0, 0.1) is 17.1 Å². The van der Waals surface area contributed by atoms with Crippen molar-refractivity contribution in [1.29, 1.82) is 5.26 Å². The van der Waals surface area contributed by atoms with Crippen molar-refractivity contribution in [3.8, 4) is 12.1 Å². The topological polar surface area (TPSA) is 119 Å². The Bertz CT molecular complexity index is 1150. The van der Waals surface area contributed by atoms with E-state index in [1.54, 1.807) is 11.9 Å². The summed E-state index contributed by atoms with van der Waals surface area (Å²) >= 11 is 5.83. The minimum absolute atomic E-state index is 0.0458. The maximum absolute atomic E-state index is 14.8. The largest absolute Gasteiger partial charge is 0.465 e. The Hall–Kier alpha value is -3.11. The summed E-state index contributed by atoms with van der Waals surface area (Å²) in [5.74, 6) is -3.50. The van der Waals surface area contributed by atoms with Crippen LogP contribution in [0.1, 0.15) is 12.8 Å². The molecule has 0 bridgehead atoms. The summed E-state index contributed by atoms with van der Waals surface area (Å²) in [6.07, 6.45) is -0.279. The van der Waals surface area contributed by atoms with Crippen LogP contribution in [0.25, 0.3) is 10.9 Å². The molecule has 2 aromatic heterocycles. The first-order valence-corrected chi connectivity index (χ1v) is 10.8. The molecule has 1 amide bonds. The second-order valence-corrected chi connectivity index (χ2v) is 8.69. The number of carbonyl (C=O) groups is 1. The van der Waals surface area contributed by atoms with Crippen LogP contribution < -0.4 is 9.64 Å². The average Bonchev–Trinajstić information content (AvgIpc) is 3.05. The zero-order valence-electron chi connectivity index (χ0n) is 18.1. The minimum Gasteiger partial charge on any atom is -0.465 e. The molecule has 0 aliphatic carbocycles. The number of piperazine rings is 1. The second-order valence-electron chi connectivity index (χ2n) is 8.33. The standard InChI is InChI=1S/C20H21ClF3N7O3/c1-29-10-20(23,24)6-12(29)9-34-18-27-15-13(7-26-16(21)14(15)22)17(28-18)30-4-5-31(19(32)33)11(8-30)2-3-25/h7,11-12H,2,4-6,8-10H2,1H3,(H,32,33)/t11-,12-/m0/s1. The summed E-state index contributed by atoms with van der Waals surface area (Å²) in [5, 5.41) is 18.4. The smallest absolute Gasteiger partial charge is 0.407 e. The van der Waals surface area contributed by atoms with Gasteiger partial charge in [-0.1, -0.05) is 11.6 Å². The number of nitriles is 1. The van der Waals surface area contributed by atoms with E-state index >= 15 is 0 Å². The number of halogens is 4. The lowest BCUT2D eigenvalue weighted by Gasteiger charge is -2.39. The molecule has 0 unspecified atom stereocenters. The number of nitrogens with zero attached hydrogens (tertiary/aromatic N) is 7. The van der Waals surface area contributed by atoms with Gasteiger partial charge >= 0.3 is 12.1 Å².